The van der Waals surface area contributed by atoms with Crippen molar-refractivity contribution < 1.29 is 28.6 Å². The highest BCUT2D eigenvalue weighted by Gasteiger charge is 2.19. The van der Waals surface area contributed by atoms with E-state index in [0.29, 0.717) is 25.7 Å². The van der Waals surface area contributed by atoms with Crippen molar-refractivity contribution in [1.29, 1.82) is 0 Å². The fourth-order valence-corrected chi connectivity index (χ4v) is 7.91. The molecule has 0 aliphatic carbocycles. The first-order valence-electron chi connectivity index (χ1n) is 31.0. The highest BCUT2D eigenvalue weighted by molar-refractivity contribution is 5.71. The quantitative estimate of drug-likeness (QED) is 0.0261. The summed E-state index contributed by atoms with van der Waals surface area (Å²) in [7, 11) is 0. The van der Waals surface area contributed by atoms with E-state index in [2.05, 4.69) is 179 Å². The van der Waals surface area contributed by atoms with Crippen LogP contribution in [0.1, 0.15) is 252 Å². The molecule has 432 valence electrons. The minimum Gasteiger partial charge on any atom is -0.462 e. The van der Waals surface area contributed by atoms with Crippen LogP contribution in [0.2, 0.25) is 0 Å². The maximum atomic E-state index is 12.9. The molecule has 0 saturated heterocycles. The zero-order valence-corrected chi connectivity index (χ0v) is 49.4. The first kappa shape index (κ1) is 72.0. The summed E-state index contributed by atoms with van der Waals surface area (Å²) in [6, 6.07) is 0. The van der Waals surface area contributed by atoms with E-state index in [1.165, 1.54) is 70.6 Å². The maximum Gasteiger partial charge on any atom is 0.306 e. The topological polar surface area (TPSA) is 78.9 Å². The average molecular weight is 1060 g/mol. The number of carbonyl (C=O) groups is 3. The van der Waals surface area contributed by atoms with Gasteiger partial charge in [-0.2, -0.15) is 0 Å². The summed E-state index contributed by atoms with van der Waals surface area (Å²) >= 11 is 0. The fraction of sp³-hybridized carbons (Fsp3) is 0.592. The number of hydrogen-bond donors (Lipinski definition) is 0. The highest BCUT2D eigenvalue weighted by Crippen LogP contribution is 2.14. The standard InChI is InChI=1S/C71H112O6/c1-4-7-10-13-16-19-22-25-28-30-32-33-34-35-36-37-39-40-43-46-49-52-55-58-61-64-70(73)76-67-68(66-75-69(72)63-60-57-54-51-48-45-42-27-24-21-18-15-12-9-6-3)77-71(74)65-62-59-56-53-50-47-44-41-38-31-29-26-23-20-17-14-11-8-5-2/h7,9-10,12,16-21,25-29,32-33,35-36,39-40,42,46,48-49,51,68H,4-6,8,11,13-15,22-24,30-31,34,37-38,41,43-45,47,50,52-67H2,1-3H3/b10-7-,12-9-,19-16-,20-17-,21-18-,28-25-,29-26-,33-32-,36-35-,40-39-,42-27-,49-46-,51-48-. The lowest BCUT2D eigenvalue weighted by Gasteiger charge is -2.18. The zero-order chi connectivity index (χ0) is 55.7. The minimum absolute atomic E-state index is 0.117. The Kier molecular flexibility index (Phi) is 59.5. The summed E-state index contributed by atoms with van der Waals surface area (Å²) in [5.41, 5.74) is 0. The molecule has 6 heteroatoms. The van der Waals surface area contributed by atoms with Crippen molar-refractivity contribution in [2.45, 2.75) is 258 Å². The van der Waals surface area contributed by atoms with Crippen molar-refractivity contribution in [2.24, 2.45) is 0 Å². The Morgan fingerprint density at radius 3 is 0.831 bits per heavy atom. The van der Waals surface area contributed by atoms with Crippen LogP contribution in [-0.4, -0.2) is 37.2 Å². The van der Waals surface area contributed by atoms with Crippen LogP contribution in [0.5, 0.6) is 0 Å². The van der Waals surface area contributed by atoms with Crippen LogP contribution in [0.4, 0.5) is 0 Å². The maximum absolute atomic E-state index is 12.9. The summed E-state index contributed by atoms with van der Waals surface area (Å²) in [6.07, 6.45) is 92.4. The smallest absolute Gasteiger partial charge is 0.306 e. The molecular weight excluding hydrogens is 949 g/mol. The van der Waals surface area contributed by atoms with E-state index in [1.807, 2.05) is 0 Å². The molecule has 1 unspecified atom stereocenters. The van der Waals surface area contributed by atoms with Gasteiger partial charge in [-0.3, -0.25) is 14.4 Å². The number of esters is 3. The molecule has 0 fully saturated rings. The third-order valence-corrected chi connectivity index (χ3v) is 12.5. The highest BCUT2D eigenvalue weighted by atomic mass is 16.6. The Balaban J connectivity index is 4.51. The van der Waals surface area contributed by atoms with Crippen LogP contribution >= 0.6 is 0 Å². The molecule has 0 spiro atoms. The van der Waals surface area contributed by atoms with E-state index in [9.17, 15) is 14.4 Å². The second-order valence-corrected chi connectivity index (χ2v) is 19.8. The summed E-state index contributed by atoms with van der Waals surface area (Å²) in [5, 5.41) is 0. The fourth-order valence-electron chi connectivity index (χ4n) is 7.91. The van der Waals surface area contributed by atoms with Crippen molar-refractivity contribution in [1.82, 2.24) is 0 Å². The van der Waals surface area contributed by atoms with Crippen molar-refractivity contribution in [3.05, 3.63) is 158 Å². The lowest BCUT2D eigenvalue weighted by Crippen LogP contribution is -2.30. The molecule has 1 atom stereocenters. The molecular formula is C71H112O6. The van der Waals surface area contributed by atoms with Crippen molar-refractivity contribution in [2.75, 3.05) is 13.2 Å². The molecule has 0 radical (unpaired) electrons. The van der Waals surface area contributed by atoms with Gasteiger partial charge in [0.2, 0.25) is 0 Å². The van der Waals surface area contributed by atoms with E-state index >= 15 is 0 Å². The van der Waals surface area contributed by atoms with Crippen LogP contribution in [0, 0.1) is 0 Å². The van der Waals surface area contributed by atoms with Gasteiger partial charge in [-0.25, -0.2) is 0 Å². The molecule has 0 aliphatic heterocycles. The van der Waals surface area contributed by atoms with E-state index < -0.39 is 6.10 Å². The lowest BCUT2D eigenvalue weighted by molar-refractivity contribution is -0.167. The molecule has 0 aromatic rings. The van der Waals surface area contributed by atoms with Gasteiger partial charge in [0.25, 0.3) is 0 Å². The van der Waals surface area contributed by atoms with Gasteiger partial charge in [-0.05, 0) is 148 Å². The second-order valence-electron chi connectivity index (χ2n) is 19.8. The van der Waals surface area contributed by atoms with E-state index in [0.717, 1.165) is 135 Å². The number of unbranched alkanes of at least 4 members (excludes halogenated alkanes) is 17. The van der Waals surface area contributed by atoms with E-state index in [-0.39, 0.29) is 31.1 Å². The van der Waals surface area contributed by atoms with Crippen LogP contribution in [0.25, 0.3) is 0 Å². The van der Waals surface area contributed by atoms with Crippen molar-refractivity contribution in [3.8, 4) is 0 Å². The Morgan fingerprint density at radius 2 is 0.506 bits per heavy atom. The monoisotopic (exact) mass is 1060 g/mol. The first-order chi connectivity index (χ1) is 38.0. The van der Waals surface area contributed by atoms with Gasteiger partial charge in [0, 0.05) is 19.3 Å². The lowest BCUT2D eigenvalue weighted by atomic mass is 10.1. The Morgan fingerprint density at radius 1 is 0.273 bits per heavy atom. The average Bonchev–Trinajstić information content (AvgIpc) is 3.43. The van der Waals surface area contributed by atoms with Gasteiger partial charge in [0.15, 0.2) is 6.10 Å². The Hall–Kier alpha value is -4.97. The second kappa shape index (κ2) is 63.6. The van der Waals surface area contributed by atoms with Crippen molar-refractivity contribution in [3.63, 3.8) is 0 Å². The summed E-state index contributed by atoms with van der Waals surface area (Å²) in [5.74, 6) is -0.997. The van der Waals surface area contributed by atoms with Crippen LogP contribution < -0.4 is 0 Å². The number of hydrogen-bond acceptors (Lipinski definition) is 6. The Bertz CT molecular complexity index is 1740. The molecule has 0 rings (SSSR count). The molecule has 0 amide bonds. The molecule has 0 aromatic heterocycles. The summed E-state index contributed by atoms with van der Waals surface area (Å²) < 4.78 is 16.8. The number of ether oxygens (including phenoxy) is 3. The number of carbonyl (C=O) groups excluding carboxylic acids is 3. The van der Waals surface area contributed by atoms with Crippen LogP contribution in [0.15, 0.2) is 158 Å². The van der Waals surface area contributed by atoms with Crippen LogP contribution in [-0.2, 0) is 28.6 Å². The molecule has 0 aromatic carbocycles. The summed E-state index contributed by atoms with van der Waals surface area (Å²) in [6.45, 7) is 6.31. The first-order valence-corrected chi connectivity index (χ1v) is 31.0. The third kappa shape index (κ3) is 61.8. The summed E-state index contributed by atoms with van der Waals surface area (Å²) in [4.78, 5) is 38.3. The van der Waals surface area contributed by atoms with Crippen LogP contribution in [0.3, 0.4) is 0 Å². The van der Waals surface area contributed by atoms with Gasteiger partial charge < -0.3 is 14.2 Å². The zero-order valence-electron chi connectivity index (χ0n) is 49.4. The van der Waals surface area contributed by atoms with Gasteiger partial charge in [-0.15, -0.1) is 0 Å². The van der Waals surface area contributed by atoms with Gasteiger partial charge in [-0.1, -0.05) is 243 Å². The number of allylic oxidation sites excluding steroid dienone is 26. The Labute approximate surface area is 473 Å². The normalized spacial score (nSPS) is 13.2. The van der Waals surface area contributed by atoms with E-state index in [4.69, 9.17) is 14.2 Å². The molecule has 77 heavy (non-hydrogen) atoms. The predicted molar refractivity (Wildman–Crippen MR) is 334 cm³/mol. The van der Waals surface area contributed by atoms with Gasteiger partial charge >= 0.3 is 17.9 Å². The largest absolute Gasteiger partial charge is 0.462 e. The molecule has 0 saturated carbocycles. The van der Waals surface area contributed by atoms with E-state index in [1.54, 1.807) is 0 Å². The third-order valence-electron chi connectivity index (χ3n) is 12.5. The molecule has 6 nitrogen and oxygen atoms in total. The minimum atomic E-state index is -0.821. The van der Waals surface area contributed by atoms with Gasteiger partial charge in [0.05, 0.1) is 0 Å². The van der Waals surface area contributed by atoms with Gasteiger partial charge in [0.1, 0.15) is 13.2 Å². The molecule has 0 aliphatic rings. The SMILES string of the molecule is CC/C=C\C/C=C\C/C=C\C/C=C\C/C=C\C/C=C\C/C=C\CCCCCC(=O)OCC(COC(=O)CCCC/C=C\C/C=C\C/C=C\C/C=C\CC)OC(=O)CCCCCCCCCCC/C=C\C/C=C\CCCCC. The van der Waals surface area contributed by atoms with Crippen molar-refractivity contribution >= 4 is 17.9 Å². The molecule has 0 heterocycles. The number of rotatable bonds is 54. The molecule has 0 bridgehead atoms. The molecule has 0 N–H and O–H groups in total. The predicted octanol–water partition coefficient (Wildman–Crippen LogP) is 21.3.